The predicted molar refractivity (Wildman–Crippen MR) is 136 cm³/mol. The summed E-state index contributed by atoms with van der Waals surface area (Å²) in [7, 11) is 4.66. The number of ether oxygens (including phenoxy) is 2. The molecular formula is C26H30F3N5O4. The van der Waals surface area contributed by atoms with Crippen molar-refractivity contribution in [2.24, 2.45) is 5.10 Å². The van der Waals surface area contributed by atoms with Crippen LogP contribution in [-0.4, -0.2) is 87.2 Å². The van der Waals surface area contributed by atoms with Gasteiger partial charge in [-0.15, -0.1) is 0 Å². The number of nitrogens with zero attached hydrogens (tertiary/aromatic N) is 4. The molecule has 1 atom stereocenters. The van der Waals surface area contributed by atoms with E-state index in [1.165, 1.54) is 5.01 Å². The summed E-state index contributed by atoms with van der Waals surface area (Å²) in [4.78, 5) is 27.0. The SMILES string of the molecule is CNC(=O)N1N=C(c2ccc(N3CCN(C(=O)C(F)(F)F)CC3)cc2)c2cc(OC)c(OC)cc2CC1C. The first-order valence-electron chi connectivity index (χ1n) is 12.1. The number of anilines is 1. The van der Waals surface area contributed by atoms with Crippen LogP contribution in [0.1, 0.15) is 23.6 Å². The highest BCUT2D eigenvalue weighted by molar-refractivity contribution is 6.14. The lowest BCUT2D eigenvalue weighted by atomic mass is 9.94. The van der Waals surface area contributed by atoms with E-state index >= 15 is 0 Å². The lowest BCUT2D eigenvalue weighted by molar-refractivity contribution is -0.185. The predicted octanol–water partition coefficient (Wildman–Crippen LogP) is 3.25. The van der Waals surface area contributed by atoms with Gasteiger partial charge in [-0.2, -0.15) is 18.3 Å². The Labute approximate surface area is 218 Å². The maximum absolute atomic E-state index is 12.8. The number of rotatable bonds is 4. The number of alkyl halides is 3. The van der Waals surface area contributed by atoms with E-state index in [2.05, 4.69) is 5.32 Å². The summed E-state index contributed by atoms with van der Waals surface area (Å²) >= 11 is 0. The molecule has 0 spiro atoms. The minimum atomic E-state index is -4.87. The van der Waals surface area contributed by atoms with Crippen LogP contribution in [0, 0.1) is 0 Å². The molecule has 1 N–H and O–H groups in total. The topological polar surface area (TPSA) is 86.7 Å². The second-order valence-electron chi connectivity index (χ2n) is 9.09. The van der Waals surface area contributed by atoms with E-state index in [4.69, 9.17) is 14.6 Å². The molecule has 1 saturated heterocycles. The van der Waals surface area contributed by atoms with Crippen LogP contribution in [-0.2, 0) is 11.2 Å². The van der Waals surface area contributed by atoms with Gasteiger partial charge in [0.2, 0.25) is 0 Å². The van der Waals surface area contributed by atoms with Crippen LogP contribution in [0.5, 0.6) is 11.5 Å². The Kier molecular flexibility index (Phi) is 7.70. The van der Waals surface area contributed by atoms with Gasteiger partial charge in [0.1, 0.15) is 0 Å². The normalized spacial score (nSPS) is 17.8. The van der Waals surface area contributed by atoms with Crippen LogP contribution in [0.25, 0.3) is 0 Å². The molecule has 1 unspecified atom stereocenters. The molecule has 0 saturated carbocycles. The number of carbonyl (C=O) groups is 2. The molecule has 204 valence electrons. The molecule has 12 heteroatoms. The van der Waals surface area contributed by atoms with Gasteiger partial charge in [-0.25, -0.2) is 9.80 Å². The smallest absolute Gasteiger partial charge is 0.471 e. The summed E-state index contributed by atoms with van der Waals surface area (Å²) in [6, 6.07) is 10.6. The highest BCUT2D eigenvalue weighted by Gasteiger charge is 2.43. The summed E-state index contributed by atoms with van der Waals surface area (Å²) in [5, 5.41) is 8.79. The number of carbonyl (C=O) groups excluding carboxylic acids is 2. The highest BCUT2D eigenvalue weighted by Crippen LogP contribution is 2.35. The third-order valence-electron chi connectivity index (χ3n) is 6.74. The first kappa shape index (κ1) is 27.1. The van der Waals surface area contributed by atoms with Crippen molar-refractivity contribution in [2.75, 3.05) is 52.3 Å². The number of urea groups is 1. The Hall–Kier alpha value is -3.96. The minimum Gasteiger partial charge on any atom is -0.493 e. The van der Waals surface area contributed by atoms with E-state index < -0.39 is 12.1 Å². The van der Waals surface area contributed by atoms with Gasteiger partial charge in [0.25, 0.3) is 0 Å². The van der Waals surface area contributed by atoms with Crippen molar-refractivity contribution >= 4 is 23.3 Å². The second-order valence-corrected chi connectivity index (χ2v) is 9.09. The average molecular weight is 534 g/mol. The van der Waals surface area contributed by atoms with Gasteiger partial charge >= 0.3 is 18.1 Å². The first-order chi connectivity index (χ1) is 18.1. The van der Waals surface area contributed by atoms with Crippen molar-refractivity contribution in [3.63, 3.8) is 0 Å². The zero-order valence-electron chi connectivity index (χ0n) is 21.6. The Morgan fingerprint density at radius 3 is 2.16 bits per heavy atom. The van der Waals surface area contributed by atoms with Gasteiger partial charge in [0.05, 0.1) is 26.0 Å². The molecule has 1 fully saturated rings. The number of amides is 3. The summed E-state index contributed by atoms with van der Waals surface area (Å²) < 4.78 is 49.3. The number of methoxy groups -OCH3 is 2. The first-order valence-corrected chi connectivity index (χ1v) is 12.1. The molecule has 2 aliphatic rings. The van der Waals surface area contributed by atoms with E-state index in [0.717, 1.165) is 27.3 Å². The number of hydrogen-bond acceptors (Lipinski definition) is 6. The van der Waals surface area contributed by atoms with Gasteiger partial charge in [0, 0.05) is 50.0 Å². The highest BCUT2D eigenvalue weighted by atomic mass is 19.4. The molecule has 3 amide bonds. The summed E-state index contributed by atoms with van der Waals surface area (Å²) in [6.07, 6.45) is -4.33. The number of halogens is 3. The molecule has 4 rings (SSSR count). The van der Waals surface area contributed by atoms with Crippen LogP contribution in [0.3, 0.4) is 0 Å². The number of piperazine rings is 1. The molecule has 0 aliphatic carbocycles. The lowest BCUT2D eigenvalue weighted by Gasteiger charge is -2.36. The fraction of sp³-hybridized carbons (Fsp3) is 0.423. The molecule has 2 heterocycles. The summed E-state index contributed by atoms with van der Waals surface area (Å²) in [5.74, 6) is -0.702. The fourth-order valence-electron chi connectivity index (χ4n) is 4.73. The number of hydrazone groups is 1. The number of nitrogens with one attached hydrogen (secondary N) is 1. The third kappa shape index (κ3) is 5.34. The van der Waals surface area contributed by atoms with Gasteiger partial charge in [-0.05, 0) is 43.2 Å². The van der Waals surface area contributed by atoms with E-state index in [9.17, 15) is 22.8 Å². The summed E-state index contributed by atoms with van der Waals surface area (Å²) in [6.45, 7) is 2.45. The van der Waals surface area contributed by atoms with Gasteiger partial charge in [0.15, 0.2) is 11.5 Å². The lowest BCUT2D eigenvalue weighted by Crippen LogP contribution is -2.52. The Balaban J connectivity index is 1.65. The van der Waals surface area contributed by atoms with E-state index in [-0.39, 0.29) is 38.3 Å². The van der Waals surface area contributed by atoms with Crippen molar-refractivity contribution < 1.29 is 32.2 Å². The molecule has 38 heavy (non-hydrogen) atoms. The van der Waals surface area contributed by atoms with Crippen LogP contribution >= 0.6 is 0 Å². The molecule has 2 aliphatic heterocycles. The molecule has 0 aromatic heterocycles. The fourth-order valence-corrected chi connectivity index (χ4v) is 4.73. The van der Waals surface area contributed by atoms with Gasteiger partial charge < -0.3 is 24.6 Å². The van der Waals surface area contributed by atoms with E-state index in [1.54, 1.807) is 21.3 Å². The molecule has 0 bridgehead atoms. The van der Waals surface area contributed by atoms with E-state index in [1.807, 2.05) is 48.2 Å². The van der Waals surface area contributed by atoms with Gasteiger partial charge in [-0.3, -0.25) is 4.79 Å². The third-order valence-corrected chi connectivity index (χ3v) is 6.74. The Morgan fingerprint density at radius 1 is 1.00 bits per heavy atom. The van der Waals surface area contributed by atoms with Crippen LogP contribution in [0.4, 0.5) is 23.7 Å². The molecule has 9 nitrogen and oxygen atoms in total. The standard InChI is InChI=1S/C26H30F3N5O4/c1-16-13-18-14-21(37-3)22(38-4)15-20(18)23(31-34(16)25(36)30-2)17-5-7-19(8-6-17)32-9-11-33(12-10-32)24(35)26(27,28)29/h5-8,14-16H,9-13H2,1-4H3,(H,30,36). The average Bonchev–Trinajstić information content (AvgIpc) is 3.06. The second kappa shape index (κ2) is 10.8. The molecule has 0 radical (unpaired) electrons. The summed E-state index contributed by atoms with van der Waals surface area (Å²) in [5.41, 5.74) is 3.87. The maximum atomic E-state index is 12.8. The maximum Gasteiger partial charge on any atom is 0.471 e. The van der Waals surface area contributed by atoms with Crippen molar-refractivity contribution in [2.45, 2.75) is 25.6 Å². The molecule has 2 aromatic carbocycles. The quantitative estimate of drug-likeness (QED) is 0.652. The van der Waals surface area contributed by atoms with Crippen molar-refractivity contribution in [3.05, 3.63) is 53.1 Å². The monoisotopic (exact) mass is 533 g/mol. The molecule has 2 aromatic rings. The van der Waals surface area contributed by atoms with Gasteiger partial charge in [-0.1, -0.05) is 12.1 Å². The largest absolute Gasteiger partial charge is 0.493 e. The van der Waals surface area contributed by atoms with Crippen LogP contribution in [0.2, 0.25) is 0 Å². The van der Waals surface area contributed by atoms with Crippen LogP contribution in [0.15, 0.2) is 41.5 Å². The van der Waals surface area contributed by atoms with Crippen LogP contribution < -0.4 is 19.7 Å². The number of fused-ring (bicyclic) bond motifs is 1. The number of hydrogen-bond donors (Lipinski definition) is 1. The molecular weight excluding hydrogens is 503 g/mol. The Morgan fingerprint density at radius 2 is 1.61 bits per heavy atom. The number of benzene rings is 2. The minimum absolute atomic E-state index is 0.0131. The van der Waals surface area contributed by atoms with Crippen molar-refractivity contribution in [1.82, 2.24) is 15.2 Å². The van der Waals surface area contributed by atoms with Crippen molar-refractivity contribution in [1.29, 1.82) is 0 Å². The zero-order valence-corrected chi connectivity index (χ0v) is 21.6. The zero-order chi connectivity index (χ0) is 27.6. The van der Waals surface area contributed by atoms with E-state index in [0.29, 0.717) is 23.6 Å². The Bertz CT molecular complexity index is 1220. The van der Waals surface area contributed by atoms with Crippen molar-refractivity contribution in [3.8, 4) is 11.5 Å².